The van der Waals surface area contributed by atoms with Crippen molar-refractivity contribution in [2.45, 2.75) is 39.2 Å². The fourth-order valence-electron chi connectivity index (χ4n) is 2.45. The zero-order valence-corrected chi connectivity index (χ0v) is 13.8. The number of amides is 1. The molecular formula is C19H22NO4-. The molecule has 2 aromatic carbocycles. The van der Waals surface area contributed by atoms with Gasteiger partial charge in [0.1, 0.15) is 5.75 Å². The van der Waals surface area contributed by atoms with Crippen molar-refractivity contribution in [3.63, 3.8) is 0 Å². The van der Waals surface area contributed by atoms with Crippen molar-refractivity contribution in [3.8, 4) is 5.75 Å². The van der Waals surface area contributed by atoms with Crippen molar-refractivity contribution in [2.24, 2.45) is 0 Å². The molecule has 2 aromatic rings. The van der Waals surface area contributed by atoms with Crippen LogP contribution in [0.4, 0.5) is 0 Å². The molecule has 128 valence electrons. The number of carbonyl (C=O) groups is 2. The van der Waals surface area contributed by atoms with Crippen LogP contribution in [0.5, 0.6) is 5.75 Å². The highest BCUT2D eigenvalue weighted by atomic mass is 16.5. The zero-order chi connectivity index (χ0) is 17.4. The smallest absolute Gasteiger partial charge is 0.220 e. The van der Waals surface area contributed by atoms with Gasteiger partial charge in [-0.15, -0.1) is 0 Å². The monoisotopic (exact) mass is 328 g/mol. The van der Waals surface area contributed by atoms with Gasteiger partial charge in [-0.3, -0.25) is 4.79 Å². The average molecular weight is 328 g/mol. The van der Waals surface area contributed by atoms with E-state index in [1.807, 2.05) is 36.4 Å². The van der Waals surface area contributed by atoms with E-state index in [2.05, 4.69) is 12.2 Å². The molecule has 0 atom stereocenters. The van der Waals surface area contributed by atoms with Gasteiger partial charge in [0.05, 0.1) is 6.61 Å². The van der Waals surface area contributed by atoms with Crippen LogP contribution in [0.25, 0.3) is 10.8 Å². The molecule has 1 amide bonds. The highest BCUT2D eigenvalue weighted by Crippen LogP contribution is 2.28. The first-order valence-corrected chi connectivity index (χ1v) is 8.21. The van der Waals surface area contributed by atoms with Gasteiger partial charge in [0, 0.05) is 24.5 Å². The number of ether oxygens (including phenoxy) is 1. The van der Waals surface area contributed by atoms with Crippen LogP contribution in [0.1, 0.15) is 38.2 Å². The Balaban J connectivity index is 2.16. The Morgan fingerprint density at radius 2 is 1.92 bits per heavy atom. The summed E-state index contributed by atoms with van der Waals surface area (Å²) < 4.78 is 5.86. The summed E-state index contributed by atoms with van der Waals surface area (Å²) in [7, 11) is 0. The molecule has 0 bridgehead atoms. The van der Waals surface area contributed by atoms with Crippen molar-refractivity contribution >= 4 is 22.6 Å². The number of carboxylic acids is 1. The second-order valence-corrected chi connectivity index (χ2v) is 5.61. The summed E-state index contributed by atoms with van der Waals surface area (Å²) in [6, 6.07) is 11.8. The Bertz CT molecular complexity index is 712. The number of fused-ring (bicyclic) bond motifs is 1. The minimum Gasteiger partial charge on any atom is -0.550 e. The molecule has 24 heavy (non-hydrogen) atoms. The largest absolute Gasteiger partial charge is 0.550 e. The second-order valence-electron chi connectivity index (χ2n) is 5.61. The van der Waals surface area contributed by atoms with Gasteiger partial charge in [-0.2, -0.15) is 0 Å². The maximum atomic E-state index is 11.8. The molecule has 0 radical (unpaired) electrons. The number of hydrogen-bond donors (Lipinski definition) is 1. The summed E-state index contributed by atoms with van der Waals surface area (Å²) in [5.74, 6) is -0.784. The first-order chi connectivity index (χ1) is 11.6. The number of aliphatic carboxylic acids is 1. The number of hydrogen-bond acceptors (Lipinski definition) is 4. The first kappa shape index (κ1) is 17.8. The second kappa shape index (κ2) is 8.91. The molecule has 0 saturated heterocycles. The maximum absolute atomic E-state index is 11.8. The number of carbonyl (C=O) groups excluding carboxylic acids is 2. The first-order valence-electron chi connectivity index (χ1n) is 8.21. The van der Waals surface area contributed by atoms with Crippen molar-refractivity contribution in [1.29, 1.82) is 0 Å². The summed E-state index contributed by atoms with van der Waals surface area (Å²) in [5, 5.41) is 15.3. The molecule has 0 aliphatic heterocycles. The topological polar surface area (TPSA) is 78.5 Å². The van der Waals surface area contributed by atoms with Crippen LogP contribution in [-0.2, 0) is 16.1 Å². The fourth-order valence-corrected chi connectivity index (χ4v) is 2.45. The summed E-state index contributed by atoms with van der Waals surface area (Å²) in [4.78, 5) is 22.2. The zero-order valence-electron chi connectivity index (χ0n) is 13.8. The van der Waals surface area contributed by atoms with Crippen LogP contribution < -0.4 is 15.2 Å². The van der Waals surface area contributed by atoms with Gasteiger partial charge in [-0.25, -0.2) is 0 Å². The van der Waals surface area contributed by atoms with E-state index < -0.39 is 5.97 Å². The predicted molar refractivity (Wildman–Crippen MR) is 90.4 cm³/mol. The number of rotatable bonds is 9. The molecule has 0 heterocycles. The third-order valence-electron chi connectivity index (χ3n) is 3.77. The van der Waals surface area contributed by atoms with Crippen LogP contribution in [0.2, 0.25) is 0 Å². The average Bonchev–Trinajstić information content (AvgIpc) is 2.58. The Labute approximate surface area is 141 Å². The summed E-state index contributed by atoms with van der Waals surface area (Å²) in [6.45, 7) is 3.03. The van der Waals surface area contributed by atoms with Crippen molar-refractivity contribution in [2.75, 3.05) is 6.61 Å². The third-order valence-corrected chi connectivity index (χ3v) is 3.77. The minimum atomic E-state index is -1.22. The van der Waals surface area contributed by atoms with E-state index in [9.17, 15) is 14.7 Å². The molecule has 0 saturated carbocycles. The van der Waals surface area contributed by atoms with Gasteiger partial charge in [0.25, 0.3) is 0 Å². The molecule has 0 fully saturated rings. The molecular weight excluding hydrogens is 306 g/mol. The Kier molecular flexibility index (Phi) is 6.61. The molecule has 5 heteroatoms. The SMILES string of the molecule is CCCCOc1ccc2ccccc2c1CNC(=O)CCC(=O)[O-]. The molecule has 0 aromatic heterocycles. The molecule has 0 aliphatic rings. The lowest BCUT2D eigenvalue weighted by atomic mass is 10.0. The predicted octanol–water partition coefficient (Wildman–Crippen LogP) is 2.17. The lowest BCUT2D eigenvalue weighted by molar-refractivity contribution is -0.305. The van der Waals surface area contributed by atoms with E-state index in [4.69, 9.17) is 4.74 Å². The van der Waals surface area contributed by atoms with Gasteiger partial charge in [-0.1, -0.05) is 43.7 Å². The quantitative estimate of drug-likeness (QED) is 0.716. The van der Waals surface area contributed by atoms with E-state index in [0.717, 1.165) is 34.9 Å². The maximum Gasteiger partial charge on any atom is 0.220 e. The number of unbranched alkanes of at least 4 members (excludes halogenated alkanes) is 1. The van der Waals surface area contributed by atoms with E-state index in [1.165, 1.54) is 0 Å². The summed E-state index contributed by atoms with van der Waals surface area (Å²) in [5.41, 5.74) is 0.908. The van der Waals surface area contributed by atoms with Gasteiger partial charge < -0.3 is 20.0 Å². The van der Waals surface area contributed by atoms with E-state index >= 15 is 0 Å². The van der Waals surface area contributed by atoms with Gasteiger partial charge in [0.15, 0.2) is 0 Å². The number of carboxylic acid groups (broad SMARTS) is 1. The Hall–Kier alpha value is -2.56. The van der Waals surface area contributed by atoms with E-state index in [1.54, 1.807) is 0 Å². The summed E-state index contributed by atoms with van der Waals surface area (Å²) >= 11 is 0. The van der Waals surface area contributed by atoms with E-state index in [0.29, 0.717) is 13.2 Å². The van der Waals surface area contributed by atoms with E-state index in [-0.39, 0.29) is 18.7 Å². The van der Waals surface area contributed by atoms with Crippen LogP contribution in [0.3, 0.4) is 0 Å². The molecule has 0 unspecified atom stereocenters. The van der Waals surface area contributed by atoms with Crippen molar-refractivity contribution < 1.29 is 19.4 Å². The van der Waals surface area contributed by atoms with Crippen LogP contribution in [-0.4, -0.2) is 18.5 Å². The third kappa shape index (κ3) is 4.98. The van der Waals surface area contributed by atoms with Crippen LogP contribution >= 0.6 is 0 Å². The Morgan fingerprint density at radius 1 is 1.12 bits per heavy atom. The standard InChI is InChI=1S/C19H23NO4/c1-2-3-12-24-17-9-8-14-6-4-5-7-15(14)16(17)13-20-18(21)10-11-19(22)23/h4-9H,2-3,10-13H2,1H3,(H,20,21)(H,22,23)/p-1. The van der Waals surface area contributed by atoms with Gasteiger partial charge >= 0.3 is 0 Å². The lowest BCUT2D eigenvalue weighted by Crippen LogP contribution is -2.27. The number of benzene rings is 2. The van der Waals surface area contributed by atoms with Crippen molar-refractivity contribution in [1.82, 2.24) is 5.32 Å². The van der Waals surface area contributed by atoms with Crippen LogP contribution in [0.15, 0.2) is 36.4 Å². The highest BCUT2D eigenvalue weighted by Gasteiger charge is 2.10. The number of nitrogens with one attached hydrogen (secondary N) is 1. The molecule has 0 aliphatic carbocycles. The van der Waals surface area contributed by atoms with Crippen LogP contribution in [0, 0.1) is 0 Å². The molecule has 0 spiro atoms. The highest BCUT2D eigenvalue weighted by molar-refractivity contribution is 5.88. The van der Waals surface area contributed by atoms with Gasteiger partial charge in [0.2, 0.25) is 5.91 Å². The van der Waals surface area contributed by atoms with Gasteiger partial charge in [-0.05, 0) is 29.7 Å². The lowest BCUT2D eigenvalue weighted by Gasteiger charge is -2.15. The Morgan fingerprint density at radius 3 is 2.67 bits per heavy atom. The molecule has 5 nitrogen and oxygen atoms in total. The molecule has 2 rings (SSSR count). The molecule has 1 N–H and O–H groups in total. The fraction of sp³-hybridized carbons (Fsp3) is 0.368. The minimum absolute atomic E-state index is 0.0842. The normalized spacial score (nSPS) is 10.5. The van der Waals surface area contributed by atoms with Crippen molar-refractivity contribution in [3.05, 3.63) is 42.0 Å². The summed E-state index contributed by atoms with van der Waals surface area (Å²) in [6.07, 6.45) is 1.65.